The lowest BCUT2D eigenvalue weighted by molar-refractivity contribution is -0.116. The monoisotopic (exact) mass is 350 g/mol. The van der Waals surface area contributed by atoms with E-state index in [-0.39, 0.29) is 11.8 Å². The Morgan fingerprint density at radius 3 is 2.43 bits per heavy atom. The summed E-state index contributed by atoms with van der Waals surface area (Å²) in [5.74, 6) is -0.451. The number of carbonyl (C=O) groups excluding carboxylic acids is 2. The zero-order valence-electron chi connectivity index (χ0n) is 12.5. The summed E-state index contributed by atoms with van der Waals surface area (Å²) in [5.41, 5.74) is 1.33. The molecule has 0 aromatic heterocycles. The molecule has 0 unspecified atom stereocenters. The van der Waals surface area contributed by atoms with Crippen LogP contribution in [0.25, 0.3) is 0 Å². The molecule has 0 radical (unpaired) electrons. The van der Waals surface area contributed by atoms with Gasteiger partial charge in [-0.1, -0.05) is 42.3 Å². The van der Waals surface area contributed by atoms with Crippen LogP contribution in [0, 0.1) is 0 Å². The van der Waals surface area contributed by atoms with Gasteiger partial charge in [-0.2, -0.15) is 0 Å². The summed E-state index contributed by atoms with van der Waals surface area (Å²) in [5, 5.41) is 6.20. The Morgan fingerprint density at radius 1 is 1.00 bits per heavy atom. The second-order valence-corrected chi connectivity index (χ2v) is 5.74. The SMILES string of the molecule is CCCC(=O)Nc1ccc(Cl)c(NC(=O)c2ccccc2Cl)c1. The number of benzene rings is 2. The maximum absolute atomic E-state index is 12.3. The highest BCUT2D eigenvalue weighted by Crippen LogP contribution is 2.27. The number of hydrogen-bond acceptors (Lipinski definition) is 2. The van der Waals surface area contributed by atoms with Crippen LogP contribution in [-0.2, 0) is 4.79 Å². The van der Waals surface area contributed by atoms with Crippen molar-refractivity contribution in [1.82, 2.24) is 0 Å². The van der Waals surface area contributed by atoms with Crippen LogP contribution >= 0.6 is 23.2 Å². The number of nitrogens with one attached hydrogen (secondary N) is 2. The van der Waals surface area contributed by atoms with Crippen LogP contribution in [0.3, 0.4) is 0 Å². The molecule has 0 saturated heterocycles. The summed E-state index contributed by atoms with van der Waals surface area (Å²) < 4.78 is 0. The highest BCUT2D eigenvalue weighted by Gasteiger charge is 2.12. The van der Waals surface area contributed by atoms with E-state index < -0.39 is 0 Å². The Hall–Kier alpha value is -2.04. The van der Waals surface area contributed by atoms with Crippen LogP contribution in [0.2, 0.25) is 10.0 Å². The topological polar surface area (TPSA) is 58.2 Å². The maximum atomic E-state index is 12.3. The highest BCUT2D eigenvalue weighted by molar-refractivity contribution is 6.36. The van der Waals surface area contributed by atoms with Gasteiger partial charge in [0.1, 0.15) is 0 Å². The summed E-state index contributed by atoms with van der Waals surface area (Å²) in [6.45, 7) is 1.93. The number of carbonyl (C=O) groups is 2. The molecule has 0 spiro atoms. The van der Waals surface area contributed by atoms with Gasteiger partial charge in [-0.15, -0.1) is 0 Å². The standard InChI is InChI=1S/C17H16Cl2N2O2/c1-2-5-16(22)20-11-8-9-14(19)15(10-11)21-17(23)12-6-3-4-7-13(12)18/h3-4,6-10H,2,5H2,1H3,(H,20,22)(H,21,23). The van der Waals surface area contributed by atoms with Crippen molar-refractivity contribution in [1.29, 1.82) is 0 Å². The molecule has 0 aliphatic heterocycles. The molecule has 23 heavy (non-hydrogen) atoms. The zero-order valence-corrected chi connectivity index (χ0v) is 14.0. The number of rotatable bonds is 5. The summed E-state index contributed by atoms with van der Waals surface area (Å²) in [7, 11) is 0. The summed E-state index contributed by atoms with van der Waals surface area (Å²) in [6, 6.07) is 11.6. The van der Waals surface area contributed by atoms with E-state index in [0.29, 0.717) is 33.4 Å². The van der Waals surface area contributed by atoms with Crippen molar-refractivity contribution in [3.05, 3.63) is 58.1 Å². The number of halogens is 2. The van der Waals surface area contributed by atoms with Crippen LogP contribution in [0.4, 0.5) is 11.4 Å². The number of hydrogen-bond donors (Lipinski definition) is 2. The van der Waals surface area contributed by atoms with Crippen molar-refractivity contribution in [3.8, 4) is 0 Å². The molecule has 0 aliphatic carbocycles. The third-order valence-electron chi connectivity index (χ3n) is 3.09. The minimum Gasteiger partial charge on any atom is -0.326 e. The average molecular weight is 351 g/mol. The molecule has 0 bridgehead atoms. The first-order chi connectivity index (χ1) is 11.0. The van der Waals surface area contributed by atoms with Crippen molar-refractivity contribution in [3.63, 3.8) is 0 Å². The van der Waals surface area contributed by atoms with Gasteiger partial charge in [0, 0.05) is 12.1 Å². The van der Waals surface area contributed by atoms with E-state index in [1.54, 1.807) is 42.5 Å². The Balaban J connectivity index is 2.17. The Kier molecular flexibility index (Phi) is 6.02. The molecular formula is C17H16Cl2N2O2. The molecule has 2 N–H and O–H groups in total. The van der Waals surface area contributed by atoms with Crippen molar-refractivity contribution >= 4 is 46.4 Å². The third kappa shape index (κ3) is 4.71. The van der Waals surface area contributed by atoms with Gasteiger partial charge < -0.3 is 10.6 Å². The van der Waals surface area contributed by atoms with Crippen LogP contribution in [0.5, 0.6) is 0 Å². The van der Waals surface area contributed by atoms with Crippen molar-refractivity contribution in [2.75, 3.05) is 10.6 Å². The first-order valence-corrected chi connectivity index (χ1v) is 7.92. The van der Waals surface area contributed by atoms with Crippen LogP contribution < -0.4 is 10.6 Å². The van der Waals surface area contributed by atoms with Gasteiger partial charge in [-0.25, -0.2) is 0 Å². The average Bonchev–Trinajstić information content (AvgIpc) is 2.51. The van der Waals surface area contributed by atoms with Crippen LogP contribution in [0.1, 0.15) is 30.1 Å². The molecule has 2 aromatic carbocycles. The first-order valence-electron chi connectivity index (χ1n) is 7.16. The molecule has 0 fully saturated rings. The third-order valence-corrected chi connectivity index (χ3v) is 3.75. The van der Waals surface area contributed by atoms with Gasteiger partial charge in [0.15, 0.2) is 0 Å². The quantitative estimate of drug-likeness (QED) is 0.798. The highest BCUT2D eigenvalue weighted by atomic mass is 35.5. The van der Waals surface area contributed by atoms with Gasteiger partial charge in [-0.3, -0.25) is 9.59 Å². The van der Waals surface area contributed by atoms with Crippen molar-refractivity contribution in [2.24, 2.45) is 0 Å². The second-order valence-electron chi connectivity index (χ2n) is 4.93. The number of anilines is 2. The zero-order chi connectivity index (χ0) is 16.8. The molecule has 0 atom stereocenters. The molecule has 0 heterocycles. The van der Waals surface area contributed by atoms with Gasteiger partial charge in [0.25, 0.3) is 5.91 Å². The fourth-order valence-electron chi connectivity index (χ4n) is 1.98. The van der Waals surface area contributed by atoms with E-state index in [2.05, 4.69) is 10.6 Å². The summed E-state index contributed by atoms with van der Waals surface area (Å²) in [4.78, 5) is 23.9. The number of amides is 2. The van der Waals surface area contributed by atoms with E-state index in [1.165, 1.54) is 0 Å². The fourth-order valence-corrected chi connectivity index (χ4v) is 2.37. The first kappa shape index (κ1) is 17.3. The van der Waals surface area contributed by atoms with E-state index in [9.17, 15) is 9.59 Å². The van der Waals surface area contributed by atoms with E-state index in [1.807, 2.05) is 6.92 Å². The fraction of sp³-hybridized carbons (Fsp3) is 0.176. The summed E-state index contributed by atoms with van der Waals surface area (Å²) >= 11 is 12.1. The lowest BCUT2D eigenvalue weighted by Gasteiger charge is -2.11. The molecule has 4 nitrogen and oxygen atoms in total. The van der Waals surface area contributed by atoms with Crippen molar-refractivity contribution in [2.45, 2.75) is 19.8 Å². The minimum atomic E-state index is -0.366. The lowest BCUT2D eigenvalue weighted by Crippen LogP contribution is -2.14. The summed E-state index contributed by atoms with van der Waals surface area (Å²) in [6.07, 6.45) is 1.19. The van der Waals surface area contributed by atoms with E-state index in [0.717, 1.165) is 6.42 Å². The molecule has 2 aromatic rings. The molecule has 0 saturated carbocycles. The lowest BCUT2D eigenvalue weighted by atomic mass is 10.2. The Labute approximate surface area is 144 Å². The molecule has 6 heteroatoms. The van der Waals surface area contributed by atoms with Gasteiger partial charge in [0.05, 0.1) is 21.3 Å². The minimum absolute atomic E-state index is 0.0850. The molecule has 2 rings (SSSR count). The smallest absolute Gasteiger partial charge is 0.257 e. The Bertz CT molecular complexity index is 732. The second kappa shape index (κ2) is 7.99. The van der Waals surface area contributed by atoms with E-state index >= 15 is 0 Å². The van der Waals surface area contributed by atoms with Crippen LogP contribution in [0.15, 0.2) is 42.5 Å². The molecule has 120 valence electrons. The predicted octanol–water partition coefficient (Wildman–Crippen LogP) is 4.98. The van der Waals surface area contributed by atoms with Crippen molar-refractivity contribution < 1.29 is 9.59 Å². The molecule has 2 amide bonds. The van der Waals surface area contributed by atoms with E-state index in [4.69, 9.17) is 23.2 Å². The largest absolute Gasteiger partial charge is 0.326 e. The van der Waals surface area contributed by atoms with Gasteiger partial charge in [0.2, 0.25) is 5.91 Å². The predicted molar refractivity (Wildman–Crippen MR) is 94.4 cm³/mol. The molecular weight excluding hydrogens is 335 g/mol. The van der Waals surface area contributed by atoms with Crippen LogP contribution in [-0.4, -0.2) is 11.8 Å². The van der Waals surface area contributed by atoms with Gasteiger partial charge in [-0.05, 0) is 36.8 Å². The van der Waals surface area contributed by atoms with Gasteiger partial charge >= 0.3 is 0 Å². The Morgan fingerprint density at radius 2 is 1.74 bits per heavy atom. The normalized spacial score (nSPS) is 10.2. The molecule has 0 aliphatic rings. The maximum Gasteiger partial charge on any atom is 0.257 e.